The van der Waals surface area contributed by atoms with Gasteiger partial charge < -0.3 is 10.7 Å². The van der Waals surface area contributed by atoms with Crippen LogP contribution in [0, 0.1) is 6.92 Å². The molecular formula is C6H6BrClN2O. The molecule has 0 atom stereocenters. The molecule has 1 amide bonds. The molecule has 0 radical (unpaired) electrons. The van der Waals surface area contributed by atoms with Crippen molar-refractivity contribution in [3.05, 3.63) is 20.9 Å². The fourth-order valence-corrected chi connectivity index (χ4v) is 1.32. The molecule has 0 saturated carbocycles. The van der Waals surface area contributed by atoms with Crippen molar-refractivity contribution in [1.82, 2.24) is 4.98 Å². The van der Waals surface area contributed by atoms with Crippen molar-refractivity contribution < 1.29 is 4.79 Å². The van der Waals surface area contributed by atoms with E-state index < -0.39 is 5.91 Å². The molecule has 1 aromatic rings. The van der Waals surface area contributed by atoms with Crippen LogP contribution in [0.2, 0.25) is 5.02 Å². The largest absolute Gasteiger partial charge is 0.364 e. The third-order valence-corrected chi connectivity index (χ3v) is 2.90. The van der Waals surface area contributed by atoms with Crippen LogP contribution >= 0.6 is 27.5 Å². The lowest BCUT2D eigenvalue weighted by atomic mass is 10.4. The molecule has 11 heavy (non-hydrogen) atoms. The number of hydrogen-bond acceptors (Lipinski definition) is 1. The predicted octanol–water partition coefficient (Wildman–Crippen LogP) is 1.84. The van der Waals surface area contributed by atoms with Crippen molar-refractivity contribution in [2.75, 3.05) is 0 Å². The van der Waals surface area contributed by atoms with Gasteiger partial charge in [-0.15, -0.1) is 0 Å². The van der Waals surface area contributed by atoms with Gasteiger partial charge in [-0.2, -0.15) is 0 Å². The molecule has 0 aliphatic carbocycles. The average molecular weight is 237 g/mol. The van der Waals surface area contributed by atoms with Gasteiger partial charge >= 0.3 is 0 Å². The highest BCUT2D eigenvalue weighted by atomic mass is 79.9. The minimum atomic E-state index is -0.552. The zero-order valence-electron chi connectivity index (χ0n) is 5.74. The van der Waals surface area contributed by atoms with E-state index in [1.807, 2.05) is 0 Å². The van der Waals surface area contributed by atoms with Gasteiger partial charge in [0.1, 0.15) is 5.69 Å². The van der Waals surface area contributed by atoms with Crippen molar-refractivity contribution in [2.45, 2.75) is 6.92 Å². The van der Waals surface area contributed by atoms with Gasteiger partial charge in [-0.05, 0) is 22.9 Å². The van der Waals surface area contributed by atoms with Crippen LogP contribution in [0.1, 0.15) is 16.2 Å². The molecule has 0 aliphatic heterocycles. The monoisotopic (exact) mass is 236 g/mol. The number of amides is 1. The van der Waals surface area contributed by atoms with E-state index in [4.69, 9.17) is 17.3 Å². The Balaban J connectivity index is 3.29. The van der Waals surface area contributed by atoms with E-state index in [9.17, 15) is 4.79 Å². The van der Waals surface area contributed by atoms with E-state index in [0.717, 1.165) is 5.69 Å². The quantitative estimate of drug-likeness (QED) is 0.769. The minimum absolute atomic E-state index is 0.246. The fraction of sp³-hybridized carbons (Fsp3) is 0.167. The maximum atomic E-state index is 10.7. The number of aromatic nitrogens is 1. The summed E-state index contributed by atoms with van der Waals surface area (Å²) in [6.07, 6.45) is 0. The maximum Gasteiger partial charge on any atom is 0.266 e. The Labute approximate surface area is 77.0 Å². The third kappa shape index (κ3) is 1.41. The highest BCUT2D eigenvalue weighted by molar-refractivity contribution is 9.10. The molecule has 60 valence electrons. The molecule has 3 nitrogen and oxygen atoms in total. The minimum Gasteiger partial charge on any atom is -0.364 e. The first-order chi connectivity index (χ1) is 5.04. The van der Waals surface area contributed by atoms with E-state index in [1.54, 1.807) is 6.92 Å². The Morgan fingerprint density at radius 2 is 2.27 bits per heavy atom. The lowest BCUT2D eigenvalue weighted by molar-refractivity contribution is 0.0996. The zero-order valence-corrected chi connectivity index (χ0v) is 8.08. The SMILES string of the molecule is Cc1[nH]c(C(N)=O)c(Cl)c1Br. The highest BCUT2D eigenvalue weighted by Crippen LogP contribution is 2.28. The van der Waals surface area contributed by atoms with E-state index >= 15 is 0 Å². The van der Waals surface area contributed by atoms with Gasteiger partial charge in [-0.25, -0.2) is 0 Å². The molecule has 0 saturated heterocycles. The molecule has 0 bridgehead atoms. The number of primary amides is 1. The maximum absolute atomic E-state index is 10.7. The number of H-pyrrole nitrogens is 1. The van der Waals surface area contributed by atoms with Crippen LogP contribution in [0.25, 0.3) is 0 Å². The molecule has 0 aliphatic rings. The number of rotatable bonds is 1. The Morgan fingerprint density at radius 1 is 1.73 bits per heavy atom. The number of hydrogen-bond donors (Lipinski definition) is 2. The van der Waals surface area contributed by atoms with Gasteiger partial charge in [0, 0.05) is 5.69 Å². The smallest absolute Gasteiger partial charge is 0.266 e. The summed E-state index contributed by atoms with van der Waals surface area (Å²) in [6.45, 7) is 1.79. The summed E-state index contributed by atoms with van der Waals surface area (Å²) in [5, 5.41) is 0.343. The van der Waals surface area contributed by atoms with Crippen LogP contribution < -0.4 is 5.73 Å². The second kappa shape index (κ2) is 2.87. The summed E-state index contributed by atoms with van der Waals surface area (Å²) in [7, 11) is 0. The first-order valence-electron chi connectivity index (χ1n) is 2.87. The molecule has 0 unspecified atom stereocenters. The Hall–Kier alpha value is -0.480. The van der Waals surface area contributed by atoms with Gasteiger partial charge in [0.15, 0.2) is 0 Å². The third-order valence-electron chi connectivity index (χ3n) is 1.30. The van der Waals surface area contributed by atoms with E-state index in [0.29, 0.717) is 9.50 Å². The van der Waals surface area contributed by atoms with Gasteiger partial charge in [0.2, 0.25) is 0 Å². The summed E-state index contributed by atoms with van der Waals surface area (Å²) in [5.41, 5.74) is 6.06. The van der Waals surface area contributed by atoms with Gasteiger partial charge in [-0.1, -0.05) is 11.6 Å². The Kier molecular flexibility index (Phi) is 2.25. The topological polar surface area (TPSA) is 58.9 Å². The summed E-state index contributed by atoms with van der Waals surface area (Å²) < 4.78 is 0.688. The standard InChI is InChI=1S/C6H6BrClN2O/c1-2-3(7)4(8)5(10-2)6(9)11/h10H,1H3,(H2,9,11). The number of nitrogens with one attached hydrogen (secondary N) is 1. The van der Waals surface area contributed by atoms with Gasteiger partial charge in [-0.3, -0.25) is 4.79 Å². The number of aromatic amines is 1. The second-order valence-electron chi connectivity index (χ2n) is 2.12. The zero-order chi connectivity index (χ0) is 8.59. The van der Waals surface area contributed by atoms with Crippen molar-refractivity contribution in [3.8, 4) is 0 Å². The fourth-order valence-electron chi connectivity index (χ4n) is 0.741. The lowest BCUT2D eigenvalue weighted by Gasteiger charge is -1.88. The van der Waals surface area contributed by atoms with Crippen LogP contribution in [0.5, 0.6) is 0 Å². The van der Waals surface area contributed by atoms with Crippen LogP contribution in [-0.4, -0.2) is 10.9 Å². The normalized spacial score (nSPS) is 10.1. The van der Waals surface area contributed by atoms with Crippen LogP contribution in [-0.2, 0) is 0 Å². The summed E-state index contributed by atoms with van der Waals surface area (Å²) >= 11 is 8.93. The molecule has 0 spiro atoms. The molecule has 0 fully saturated rings. The van der Waals surface area contributed by atoms with Crippen molar-refractivity contribution in [3.63, 3.8) is 0 Å². The first-order valence-corrected chi connectivity index (χ1v) is 4.04. The predicted molar refractivity (Wildman–Crippen MR) is 46.8 cm³/mol. The number of nitrogens with two attached hydrogens (primary N) is 1. The average Bonchev–Trinajstić information content (AvgIpc) is 2.17. The molecule has 3 N–H and O–H groups in total. The molecule has 0 aromatic carbocycles. The van der Waals surface area contributed by atoms with Crippen LogP contribution in [0.15, 0.2) is 4.47 Å². The molecule has 1 aromatic heterocycles. The number of halogens is 2. The van der Waals surface area contributed by atoms with Crippen molar-refractivity contribution in [2.24, 2.45) is 5.73 Å². The number of carbonyl (C=O) groups excluding carboxylic acids is 1. The summed E-state index contributed by atoms with van der Waals surface area (Å²) in [6, 6.07) is 0. The molecule has 1 rings (SSSR count). The van der Waals surface area contributed by atoms with Crippen LogP contribution in [0.4, 0.5) is 0 Å². The Bertz CT molecular complexity index is 308. The van der Waals surface area contributed by atoms with E-state index in [1.165, 1.54) is 0 Å². The molecule has 5 heteroatoms. The van der Waals surface area contributed by atoms with Gasteiger partial charge in [0.05, 0.1) is 9.50 Å². The van der Waals surface area contributed by atoms with Crippen molar-refractivity contribution >= 4 is 33.4 Å². The number of carbonyl (C=O) groups is 1. The molecular weight excluding hydrogens is 231 g/mol. The van der Waals surface area contributed by atoms with Crippen LogP contribution in [0.3, 0.4) is 0 Å². The van der Waals surface area contributed by atoms with Crippen molar-refractivity contribution in [1.29, 1.82) is 0 Å². The molecule has 1 heterocycles. The Morgan fingerprint density at radius 3 is 2.45 bits per heavy atom. The van der Waals surface area contributed by atoms with E-state index in [2.05, 4.69) is 20.9 Å². The first kappa shape index (κ1) is 8.62. The number of aryl methyl sites for hydroxylation is 1. The highest BCUT2D eigenvalue weighted by Gasteiger charge is 2.14. The van der Waals surface area contributed by atoms with E-state index in [-0.39, 0.29) is 5.69 Å². The van der Waals surface area contributed by atoms with Gasteiger partial charge in [0.25, 0.3) is 5.91 Å². The summed E-state index contributed by atoms with van der Waals surface area (Å²) in [4.78, 5) is 13.4. The lowest BCUT2D eigenvalue weighted by Crippen LogP contribution is -2.11. The summed E-state index contributed by atoms with van der Waals surface area (Å²) in [5.74, 6) is -0.552. The second-order valence-corrected chi connectivity index (χ2v) is 3.29.